The number of carbonyl (C=O) groups is 2. The van der Waals surface area contributed by atoms with Crippen LogP contribution < -0.4 is 0 Å². The summed E-state index contributed by atoms with van der Waals surface area (Å²) in [5, 5.41) is 11.4. The van der Waals surface area contributed by atoms with Crippen LogP contribution in [-0.2, 0) is 14.3 Å². The van der Waals surface area contributed by atoms with E-state index in [-0.39, 0.29) is 11.3 Å². The molecule has 0 bridgehead atoms. The Morgan fingerprint density at radius 2 is 1.81 bits per heavy atom. The summed E-state index contributed by atoms with van der Waals surface area (Å²) in [6, 6.07) is 11.2. The van der Waals surface area contributed by atoms with Gasteiger partial charge in [-0.05, 0) is 48.4 Å². The lowest BCUT2D eigenvalue weighted by Crippen LogP contribution is -2.39. The largest absolute Gasteiger partial charge is 0.507 e. The zero-order valence-corrected chi connectivity index (χ0v) is 18.2. The van der Waals surface area contributed by atoms with Gasteiger partial charge in [-0.25, -0.2) is 4.39 Å². The smallest absolute Gasteiger partial charge is 0.295 e. The first-order valence-corrected chi connectivity index (χ1v) is 10.9. The number of amides is 1. The third-order valence-corrected chi connectivity index (χ3v) is 6.05. The molecule has 2 aliphatic rings. The number of hydrogen-bond acceptors (Lipinski definition) is 5. The van der Waals surface area contributed by atoms with Crippen molar-refractivity contribution >= 4 is 29.1 Å². The summed E-state index contributed by atoms with van der Waals surface area (Å²) in [5.41, 5.74) is 0.752. The number of nitrogens with zero attached hydrogens (tertiary/aromatic N) is 2. The number of hydrogen-bond donors (Lipinski definition) is 1. The highest BCUT2D eigenvalue weighted by Crippen LogP contribution is 2.39. The summed E-state index contributed by atoms with van der Waals surface area (Å²) in [4.78, 5) is 29.6. The number of likely N-dealkylation sites (tertiary alicyclic amines) is 1. The maximum absolute atomic E-state index is 14.0. The van der Waals surface area contributed by atoms with Crippen LogP contribution in [0.15, 0.2) is 54.1 Å². The van der Waals surface area contributed by atoms with E-state index in [4.69, 9.17) is 16.3 Å². The number of benzene rings is 2. The van der Waals surface area contributed by atoms with Gasteiger partial charge in [0.15, 0.2) is 0 Å². The Kier molecular flexibility index (Phi) is 6.89. The van der Waals surface area contributed by atoms with E-state index >= 15 is 0 Å². The average molecular weight is 459 g/mol. The molecular weight excluding hydrogens is 435 g/mol. The third-order valence-electron chi connectivity index (χ3n) is 5.80. The second kappa shape index (κ2) is 9.81. The normalized spacial score (nSPS) is 21.3. The van der Waals surface area contributed by atoms with Gasteiger partial charge in [-0.2, -0.15) is 0 Å². The molecule has 4 rings (SSSR count). The molecule has 0 radical (unpaired) electrons. The van der Waals surface area contributed by atoms with Gasteiger partial charge in [-0.15, -0.1) is 0 Å². The van der Waals surface area contributed by atoms with Crippen molar-refractivity contribution < 1.29 is 23.8 Å². The first-order chi connectivity index (χ1) is 15.5. The van der Waals surface area contributed by atoms with Gasteiger partial charge in [-0.1, -0.05) is 23.7 Å². The number of ether oxygens (including phenoxy) is 1. The van der Waals surface area contributed by atoms with Crippen molar-refractivity contribution in [3.05, 3.63) is 76.1 Å². The molecule has 0 saturated carbocycles. The van der Waals surface area contributed by atoms with Gasteiger partial charge < -0.3 is 14.7 Å². The van der Waals surface area contributed by atoms with E-state index in [0.717, 1.165) is 19.6 Å². The number of Topliss-reactive ketones (excluding diaryl/α,β-unsaturated/α-hetero) is 1. The standard InChI is InChI=1S/C24H24ClFN2O4/c25-18-7-5-16(6-8-18)22(29)20-21(17-3-1-4-19(26)15-17)28(24(31)23(20)30)10-2-9-27-11-13-32-14-12-27/h1,3-8,15,21,29H,2,9-14H2/t21-/m0/s1. The number of carbonyl (C=O) groups excluding carboxylic acids is 2. The molecule has 2 aliphatic heterocycles. The van der Waals surface area contributed by atoms with E-state index in [0.29, 0.717) is 42.3 Å². The number of morpholine rings is 1. The summed E-state index contributed by atoms with van der Waals surface area (Å²) in [7, 11) is 0. The van der Waals surface area contributed by atoms with Crippen LogP contribution in [0.4, 0.5) is 4.39 Å². The van der Waals surface area contributed by atoms with E-state index in [1.165, 1.54) is 23.1 Å². The predicted molar refractivity (Wildman–Crippen MR) is 119 cm³/mol. The highest BCUT2D eigenvalue weighted by atomic mass is 35.5. The highest BCUT2D eigenvalue weighted by Gasteiger charge is 2.45. The van der Waals surface area contributed by atoms with Crippen LogP contribution in [0.3, 0.4) is 0 Å². The predicted octanol–water partition coefficient (Wildman–Crippen LogP) is 3.62. The van der Waals surface area contributed by atoms with Crippen LogP contribution in [0.2, 0.25) is 5.02 Å². The van der Waals surface area contributed by atoms with Crippen molar-refractivity contribution in [2.24, 2.45) is 0 Å². The number of halogens is 2. The van der Waals surface area contributed by atoms with Gasteiger partial charge in [0.05, 0.1) is 24.8 Å². The maximum atomic E-state index is 14.0. The number of ketones is 1. The van der Waals surface area contributed by atoms with E-state index in [1.807, 2.05) is 0 Å². The van der Waals surface area contributed by atoms with E-state index in [9.17, 15) is 19.1 Å². The summed E-state index contributed by atoms with van der Waals surface area (Å²) in [6.45, 7) is 4.05. The quantitative estimate of drug-likeness (QED) is 0.407. The molecule has 0 spiro atoms. The minimum absolute atomic E-state index is 0.0469. The second-order valence-corrected chi connectivity index (χ2v) is 8.30. The fourth-order valence-electron chi connectivity index (χ4n) is 4.19. The Bertz CT molecular complexity index is 1030. The summed E-state index contributed by atoms with van der Waals surface area (Å²) in [6.07, 6.45) is 0.639. The monoisotopic (exact) mass is 458 g/mol. The zero-order chi connectivity index (χ0) is 22.7. The van der Waals surface area contributed by atoms with Crippen molar-refractivity contribution in [1.29, 1.82) is 0 Å². The lowest BCUT2D eigenvalue weighted by Gasteiger charge is -2.29. The molecule has 2 fully saturated rings. The molecule has 0 aromatic heterocycles. The number of rotatable bonds is 6. The molecule has 1 amide bonds. The molecule has 2 aromatic carbocycles. The van der Waals surface area contributed by atoms with Crippen LogP contribution in [0, 0.1) is 5.82 Å². The molecule has 2 heterocycles. The molecule has 1 N–H and O–H groups in total. The molecule has 2 saturated heterocycles. The second-order valence-electron chi connectivity index (χ2n) is 7.86. The summed E-state index contributed by atoms with van der Waals surface area (Å²) < 4.78 is 19.4. The first kappa shape index (κ1) is 22.5. The van der Waals surface area contributed by atoms with Gasteiger partial charge in [0, 0.05) is 36.8 Å². The highest BCUT2D eigenvalue weighted by molar-refractivity contribution is 6.46. The van der Waals surface area contributed by atoms with Crippen LogP contribution in [0.5, 0.6) is 0 Å². The number of aliphatic hydroxyl groups excluding tert-OH is 1. The SMILES string of the molecule is O=C1C(=O)N(CCCN2CCOCC2)[C@@H](c2cccc(F)c2)C1=C(O)c1ccc(Cl)cc1. The Balaban J connectivity index is 1.67. The Labute approximate surface area is 190 Å². The van der Waals surface area contributed by atoms with E-state index in [2.05, 4.69) is 4.90 Å². The van der Waals surface area contributed by atoms with Crippen molar-refractivity contribution in [3.8, 4) is 0 Å². The van der Waals surface area contributed by atoms with E-state index in [1.54, 1.807) is 30.3 Å². The molecule has 32 heavy (non-hydrogen) atoms. The topological polar surface area (TPSA) is 70.1 Å². The lowest BCUT2D eigenvalue weighted by molar-refractivity contribution is -0.140. The fraction of sp³-hybridized carbons (Fsp3) is 0.333. The molecular formula is C24H24ClFN2O4. The van der Waals surface area contributed by atoms with E-state index < -0.39 is 23.5 Å². The van der Waals surface area contributed by atoms with Crippen molar-refractivity contribution in [2.75, 3.05) is 39.4 Å². The van der Waals surface area contributed by atoms with Crippen LogP contribution in [0.1, 0.15) is 23.6 Å². The Hall–Kier alpha value is -2.74. The molecule has 6 nitrogen and oxygen atoms in total. The summed E-state index contributed by atoms with van der Waals surface area (Å²) in [5.74, 6) is -2.26. The van der Waals surface area contributed by atoms with Gasteiger partial charge in [0.1, 0.15) is 11.6 Å². The Morgan fingerprint density at radius 1 is 1.09 bits per heavy atom. The average Bonchev–Trinajstić information content (AvgIpc) is 3.05. The van der Waals surface area contributed by atoms with Crippen LogP contribution in [0.25, 0.3) is 5.76 Å². The first-order valence-electron chi connectivity index (χ1n) is 10.6. The van der Waals surface area contributed by atoms with Crippen molar-refractivity contribution in [2.45, 2.75) is 12.5 Å². The van der Waals surface area contributed by atoms with Crippen LogP contribution in [-0.4, -0.2) is 66.0 Å². The van der Waals surface area contributed by atoms with Gasteiger partial charge in [0.25, 0.3) is 11.7 Å². The maximum Gasteiger partial charge on any atom is 0.295 e. The minimum atomic E-state index is -0.869. The molecule has 8 heteroatoms. The van der Waals surface area contributed by atoms with Gasteiger partial charge in [-0.3, -0.25) is 14.5 Å². The van der Waals surface area contributed by atoms with Crippen LogP contribution >= 0.6 is 11.6 Å². The minimum Gasteiger partial charge on any atom is -0.507 e. The van der Waals surface area contributed by atoms with Gasteiger partial charge in [0.2, 0.25) is 0 Å². The lowest BCUT2D eigenvalue weighted by atomic mass is 9.95. The molecule has 168 valence electrons. The third kappa shape index (κ3) is 4.70. The molecule has 0 aliphatic carbocycles. The number of aliphatic hydroxyl groups is 1. The zero-order valence-electron chi connectivity index (χ0n) is 17.5. The fourth-order valence-corrected chi connectivity index (χ4v) is 4.31. The Morgan fingerprint density at radius 3 is 2.50 bits per heavy atom. The molecule has 0 unspecified atom stereocenters. The molecule has 1 atom stereocenters. The summed E-state index contributed by atoms with van der Waals surface area (Å²) >= 11 is 5.93. The van der Waals surface area contributed by atoms with Gasteiger partial charge >= 0.3 is 0 Å². The molecule has 2 aromatic rings. The van der Waals surface area contributed by atoms with Crippen molar-refractivity contribution in [3.63, 3.8) is 0 Å². The van der Waals surface area contributed by atoms with Crippen molar-refractivity contribution in [1.82, 2.24) is 9.80 Å².